The Balaban J connectivity index is 1.80. The predicted molar refractivity (Wildman–Crippen MR) is 90.7 cm³/mol. The third kappa shape index (κ3) is 4.11. The van der Waals surface area contributed by atoms with Crippen molar-refractivity contribution in [3.63, 3.8) is 0 Å². The number of benzene rings is 1. The zero-order valence-electron chi connectivity index (χ0n) is 14.1. The van der Waals surface area contributed by atoms with Gasteiger partial charge in [0.25, 0.3) is 0 Å². The first kappa shape index (κ1) is 17.7. The van der Waals surface area contributed by atoms with Gasteiger partial charge in [-0.1, -0.05) is 43.5 Å². The topological polar surface area (TPSA) is 32.7 Å². The van der Waals surface area contributed by atoms with E-state index in [-0.39, 0.29) is 24.0 Å². The van der Waals surface area contributed by atoms with Crippen LogP contribution in [0.1, 0.15) is 48.0 Å². The fourth-order valence-corrected chi connectivity index (χ4v) is 3.42. The van der Waals surface area contributed by atoms with E-state index in [0.29, 0.717) is 11.1 Å². The molecule has 0 radical (unpaired) electrons. The number of carbonyl (C=O) groups excluding carboxylic acids is 1. The molecule has 1 aromatic carbocycles. The quantitative estimate of drug-likeness (QED) is 0.747. The molecule has 6 heteroatoms. The summed E-state index contributed by atoms with van der Waals surface area (Å²) in [7, 11) is 1.51. The van der Waals surface area contributed by atoms with Gasteiger partial charge < -0.3 is 0 Å². The van der Waals surface area contributed by atoms with Gasteiger partial charge in [-0.2, -0.15) is 18.3 Å². The lowest BCUT2D eigenvalue weighted by atomic mass is 9.83. The van der Waals surface area contributed by atoms with E-state index in [1.165, 1.54) is 18.5 Å². The van der Waals surface area contributed by atoms with Crippen LogP contribution >= 0.6 is 0 Å². The Kier molecular flexibility index (Phi) is 4.97. The molecule has 0 amide bonds. The Labute approximate surface area is 145 Å². The van der Waals surface area contributed by atoms with Gasteiger partial charge >= 0.3 is 6.18 Å². The van der Waals surface area contributed by atoms with Crippen molar-refractivity contribution in [1.29, 1.82) is 0 Å². The third-order valence-electron chi connectivity index (χ3n) is 4.79. The van der Waals surface area contributed by atoms with Crippen molar-refractivity contribution in [3.05, 3.63) is 47.0 Å². The van der Waals surface area contributed by atoms with Gasteiger partial charge in [-0.25, -0.2) is 0 Å². The monoisotopic (exact) mass is 350 g/mol. The zero-order valence-corrected chi connectivity index (χ0v) is 14.1. The van der Waals surface area contributed by atoms with Gasteiger partial charge in [0.1, 0.15) is 0 Å². The van der Waals surface area contributed by atoms with Gasteiger partial charge in [-0.3, -0.25) is 9.80 Å². The largest absolute Gasteiger partial charge is 0.414 e. The maximum Gasteiger partial charge on any atom is 0.414 e. The number of Topliss-reactive ketones (excluding diaryl/α,β-unsaturated/α-hetero) is 1. The van der Waals surface area contributed by atoms with E-state index in [4.69, 9.17) is 0 Å². The summed E-state index contributed by atoms with van der Waals surface area (Å²) in [6.45, 7) is -0.259. The van der Waals surface area contributed by atoms with E-state index in [1.54, 1.807) is 24.3 Å². The first-order valence-corrected chi connectivity index (χ1v) is 8.57. The average molecular weight is 350 g/mol. The highest BCUT2D eigenvalue weighted by atomic mass is 19.4. The van der Waals surface area contributed by atoms with E-state index < -0.39 is 11.7 Å². The SMILES string of the molecule is CN1CC(C(F)(F)F)=CC(c2ccc(C(=O)C3CCCCC3)cc2)=N1. The van der Waals surface area contributed by atoms with E-state index in [9.17, 15) is 18.0 Å². The second-order valence-electron chi connectivity index (χ2n) is 6.74. The average Bonchev–Trinajstić information content (AvgIpc) is 2.61. The lowest BCUT2D eigenvalue weighted by molar-refractivity contribution is -0.0955. The number of nitrogens with zero attached hydrogens (tertiary/aromatic N) is 2. The number of halogens is 3. The lowest BCUT2D eigenvalue weighted by Crippen LogP contribution is -2.29. The van der Waals surface area contributed by atoms with Gasteiger partial charge in [0.2, 0.25) is 0 Å². The summed E-state index contributed by atoms with van der Waals surface area (Å²) in [5.41, 5.74) is 0.842. The Morgan fingerprint density at radius 1 is 1.12 bits per heavy atom. The molecule has 1 heterocycles. The Morgan fingerprint density at radius 2 is 1.76 bits per heavy atom. The van der Waals surface area contributed by atoms with Crippen LogP contribution in [0, 0.1) is 5.92 Å². The summed E-state index contributed by atoms with van der Waals surface area (Å²) in [5, 5.41) is 5.45. The molecule has 1 fully saturated rings. The van der Waals surface area contributed by atoms with Crippen LogP contribution in [-0.4, -0.2) is 36.3 Å². The van der Waals surface area contributed by atoms with Crippen LogP contribution in [0.3, 0.4) is 0 Å². The minimum atomic E-state index is -4.37. The lowest BCUT2D eigenvalue weighted by Gasteiger charge is -2.23. The van der Waals surface area contributed by atoms with E-state index >= 15 is 0 Å². The molecule has 0 saturated heterocycles. The maximum absolute atomic E-state index is 13.0. The minimum absolute atomic E-state index is 0.0782. The molecule has 0 unspecified atom stereocenters. The predicted octanol–water partition coefficient (Wildman–Crippen LogP) is 4.59. The van der Waals surface area contributed by atoms with Crippen molar-refractivity contribution in [2.75, 3.05) is 13.6 Å². The molecule has 0 aromatic heterocycles. The number of hydrogen-bond acceptors (Lipinski definition) is 3. The smallest absolute Gasteiger partial charge is 0.295 e. The number of allylic oxidation sites excluding steroid dienone is 1. The van der Waals surface area contributed by atoms with Gasteiger partial charge in [0.15, 0.2) is 5.78 Å². The number of likely N-dealkylation sites (N-methyl/N-ethyl adjacent to an activating group) is 1. The molecule has 1 aliphatic carbocycles. The van der Waals surface area contributed by atoms with Crippen LogP contribution in [0.5, 0.6) is 0 Å². The van der Waals surface area contributed by atoms with Crippen molar-refractivity contribution in [1.82, 2.24) is 5.01 Å². The summed E-state index contributed by atoms with van der Waals surface area (Å²) in [4.78, 5) is 12.5. The summed E-state index contributed by atoms with van der Waals surface area (Å²) >= 11 is 0. The molecule has 0 bridgehead atoms. The van der Waals surface area contributed by atoms with Crippen LogP contribution < -0.4 is 0 Å². The van der Waals surface area contributed by atoms with Crippen molar-refractivity contribution in [2.24, 2.45) is 11.0 Å². The highest BCUT2D eigenvalue weighted by molar-refractivity contribution is 6.10. The van der Waals surface area contributed by atoms with E-state index in [2.05, 4.69) is 5.10 Å². The molecular formula is C19H21F3N2O. The molecule has 1 saturated carbocycles. The number of carbonyl (C=O) groups is 1. The second-order valence-corrected chi connectivity index (χ2v) is 6.74. The summed E-state index contributed by atoms with van der Waals surface area (Å²) in [6.07, 6.45) is 1.92. The number of ketones is 1. The van der Waals surface area contributed by atoms with Crippen LogP contribution in [-0.2, 0) is 0 Å². The number of rotatable bonds is 3. The van der Waals surface area contributed by atoms with Crippen molar-refractivity contribution < 1.29 is 18.0 Å². The maximum atomic E-state index is 13.0. The molecule has 3 rings (SSSR count). The molecule has 0 atom stereocenters. The Morgan fingerprint density at radius 3 is 2.36 bits per heavy atom. The normalized spacial score (nSPS) is 19.4. The fraction of sp³-hybridized carbons (Fsp3) is 0.474. The molecule has 0 N–H and O–H groups in total. The van der Waals surface area contributed by atoms with E-state index in [1.807, 2.05) is 0 Å². The summed E-state index contributed by atoms with van der Waals surface area (Å²) in [5.74, 6) is 0.218. The molecule has 2 aliphatic rings. The van der Waals surface area contributed by atoms with Crippen LogP contribution in [0.25, 0.3) is 0 Å². The van der Waals surface area contributed by atoms with Crippen LogP contribution in [0.15, 0.2) is 41.0 Å². The number of alkyl halides is 3. The first-order valence-electron chi connectivity index (χ1n) is 8.57. The number of hydrogen-bond donors (Lipinski definition) is 0. The summed E-state index contributed by atoms with van der Waals surface area (Å²) < 4.78 is 39.0. The van der Waals surface area contributed by atoms with Crippen molar-refractivity contribution in [2.45, 2.75) is 38.3 Å². The van der Waals surface area contributed by atoms with Crippen LogP contribution in [0.2, 0.25) is 0 Å². The van der Waals surface area contributed by atoms with Gasteiger partial charge in [-0.15, -0.1) is 0 Å². The Hall–Kier alpha value is -2.11. The highest BCUT2D eigenvalue weighted by Gasteiger charge is 2.36. The standard InChI is InChI=1S/C19H21F3N2O/c1-24-12-16(19(20,21)22)11-17(23-24)13-7-9-15(10-8-13)18(25)14-5-3-2-4-6-14/h7-11,14H,2-6,12H2,1H3. The van der Waals surface area contributed by atoms with Crippen molar-refractivity contribution in [3.8, 4) is 0 Å². The second kappa shape index (κ2) is 7.02. The van der Waals surface area contributed by atoms with Gasteiger partial charge in [0.05, 0.1) is 17.8 Å². The van der Waals surface area contributed by atoms with E-state index in [0.717, 1.165) is 31.8 Å². The molecular weight excluding hydrogens is 329 g/mol. The Bertz CT molecular complexity index is 698. The molecule has 25 heavy (non-hydrogen) atoms. The molecule has 134 valence electrons. The van der Waals surface area contributed by atoms with Gasteiger partial charge in [0, 0.05) is 24.1 Å². The molecule has 1 aromatic rings. The van der Waals surface area contributed by atoms with Gasteiger partial charge in [-0.05, 0) is 18.9 Å². The third-order valence-corrected chi connectivity index (χ3v) is 4.79. The number of hydrazone groups is 1. The summed E-state index contributed by atoms with van der Waals surface area (Å²) in [6, 6.07) is 6.76. The molecule has 0 spiro atoms. The molecule has 1 aliphatic heterocycles. The zero-order chi connectivity index (χ0) is 18.0. The highest BCUT2D eigenvalue weighted by Crippen LogP contribution is 2.29. The first-order chi connectivity index (χ1) is 11.8. The molecule has 3 nitrogen and oxygen atoms in total. The van der Waals surface area contributed by atoms with Crippen molar-refractivity contribution >= 4 is 11.5 Å². The minimum Gasteiger partial charge on any atom is -0.295 e. The van der Waals surface area contributed by atoms with Crippen LogP contribution in [0.4, 0.5) is 13.2 Å². The fourth-order valence-electron chi connectivity index (χ4n) is 3.42.